The molecule has 2 aromatic rings. The monoisotopic (exact) mass is 340 g/mol. The summed E-state index contributed by atoms with van der Waals surface area (Å²) in [5.41, 5.74) is 0.386. The van der Waals surface area contributed by atoms with E-state index in [2.05, 4.69) is 10.3 Å². The van der Waals surface area contributed by atoms with E-state index in [0.717, 1.165) is 17.9 Å². The molecule has 1 aromatic carbocycles. The molecule has 1 amide bonds. The van der Waals surface area contributed by atoms with E-state index in [9.17, 15) is 9.18 Å². The molecule has 116 valence electrons. The van der Waals surface area contributed by atoms with Gasteiger partial charge in [0.15, 0.2) is 11.5 Å². The van der Waals surface area contributed by atoms with Gasteiger partial charge in [-0.05, 0) is 24.3 Å². The van der Waals surface area contributed by atoms with Gasteiger partial charge in [-0.25, -0.2) is 9.07 Å². The summed E-state index contributed by atoms with van der Waals surface area (Å²) in [5.74, 6) is 1.22. The molecule has 0 N–H and O–H groups in total. The van der Waals surface area contributed by atoms with Gasteiger partial charge < -0.3 is 4.90 Å². The Labute approximate surface area is 136 Å². The number of amides is 1. The Balaban J connectivity index is 1.84. The summed E-state index contributed by atoms with van der Waals surface area (Å²) in [6.07, 6.45) is 2.41. The molecular weight excluding hydrogens is 327 g/mol. The van der Waals surface area contributed by atoms with Crippen molar-refractivity contribution < 1.29 is 9.18 Å². The van der Waals surface area contributed by atoms with Gasteiger partial charge in [-0.1, -0.05) is 22.9 Å². The predicted molar refractivity (Wildman–Crippen MR) is 84.2 cm³/mol. The minimum atomic E-state index is -0.584. The number of carbonyl (C=O) groups excluding carboxylic acids is 1. The number of halogens is 2. The van der Waals surface area contributed by atoms with Gasteiger partial charge in [-0.2, -0.15) is 11.8 Å². The van der Waals surface area contributed by atoms with Crippen LogP contribution in [-0.2, 0) is 0 Å². The lowest BCUT2D eigenvalue weighted by Gasteiger charge is -2.18. The highest BCUT2D eigenvalue weighted by atomic mass is 35.5. The van der Waals surface area contributed by atoms with Crippen molar-refractivity contribution in [2.45, 2.75) is 6.42 Å². The molecule has 1 aliphatic heterocycles. The lowest BCUT2D eigenvalue weighted by Crippen LogP contribution is -2.33. The Morgan fingerprint density at radius 2 is 2.18 bits per heavy atom. The van der Waals surface area contributed by atoms with Crippen LogP contribution in [-0.4, -0.2) is 50.4 Å². The van der Waals surface area contributed by atoms with Crippen molar-refractivity contribution in [3.05, 3.63) is 40.9 Å². The van der Waals surface area contributed by atoms with Gasteiger partial charge in [-0.3, -0.25) is 4.79 Å². The number of carbonyl (C=O) groups is 1. The molecule has 0 bridgehead atoms. The van der Waals surface area contributed by atoms with E-state index in [-0.39, 0.29) is 22.3 Å². The first-order valence-electron chi connectivity index (χ1n) is 6.90. The predicted octanol–water partition coefficient (Wildman–Crippen LogP) is 2.64. The minimum absolute atomic E-state index is 0.00502. The lowest BCUT2D eigenvalue weighted by molar-refractivity contribution is 0.0762. The smallest absolute Gasteiger partial charge is 0.276 e. The Bertz CT molecular complexity index is 685. The number of hydrogen-bond acceptors (Lipinski definition) is 4. The van der Waals surface area contributed by atoms with Crippen molar-refractivity contribution >= 4 is 29.3 Å². The molecule has 0 radical (unpaired) electrons. The van der Waals surface area contributed by atoms with Gasteiger partial charge in [0.1, 0.15) is 5.69 Å². The van der Waals surface area contributed by atoms with Crippen LogP contribution < -0.4 is 0 Å². The van der Waals surface area contributed by atoms with Crippen molar-refractivity contribution in [2.75, 3.05) is 24.6 Å². The highest BCUT2D eigenvalue weighted by Gasteiger charge is 2.21. The maximum atomic E-state index is 14.0. The molecule has 3 rings (SSSR count). The van der Waals surface area contributed by atoms with Crippen molar-refractivity contribution in [3.8, 4) is 5.69 Å². The van der Waals surface area contributed by atoms with E-state index in [1.807, 2.05) is 11.8 Å². The molecule has 0 unspecified atom stereocenters. The standard InChI is InChI=1S/C14H14ClFN4OS/c15-10-3-1-4-12(13(10)16)20-9-11(17-18-20)14(21)19-5-2-7-22-8-6-19/h1,3-4,9H,2,5-8H2. The average molecular weight is 341 g/mol. The average Bonchev–Trinajstić information content (AvgIpc) is 2.84. The molecule has 22 heavy (non-hydrogen) atoms. The molecule has 1 fully saturated rings. The number of thioether (sulfide) groups is 1. The van der Waals surface area contributed by atoms with Crippen LogP contribution in [0.4, 0.5) is 4.39 Å². The molecule has 1 aromatic heterocycles. The van der Waals surface area contributed by atoms with Crippen LogP contribution in [0, 0.1) is 5.82 Å². The van der Waals surface area contributed by atoms with E-state index in [1.165, 1.54) is 23.0 Å². The molecule has 0 saturated carbocycles. The molecule has 1 saturated heterocycles. The third-order valence-electron chi connectivity index (χ3n) is 3.40. The Morgan fingerprint density at radius 1 is 1.32 bits per heavy atom. The van der Waals surface area contributed by atoms with E-state index < -0.39 is 5.82 Å². The van der Waals surface area contributed by atoms with Crippen molar-refractivity contribution in [3.63, 3.8) is 0 Å². The van der Waals surface area contributed by atoms with Gasteiger partial charge in [-0.15, -0.1) is 5.10 Å². The Kier molecular flexibility index (Phi) is 4.63. The van der Waals surface area contributed by atoms with Crippen LogP contribution in [0.25, 0.3) is 5.69 Å². The van der Waals surface area contributed by atoms with Gasteiger partial charge in [0.05, 0.1) is 11.2 Å². The first kappa shape index (κ1) is 15.3. The number of benzene rings is 1. The zero-order valence-corrected chi connectivity index (χ0v) is 13.3. The molecular formula is C14H14ClFN4OS. The van der Waals surface area contributed by atoms with Crippen molar-refractivity contribution in [1.82, 2.24) is 19.9 Å². The zero-order valence-electron chi connectivity index (χ0n) is 11.7. The second-order valence-electron chi connectivity index (χ2n) is 4.88. The summed E-state index contributed by atoms with van der Waals surface area (Å²) in [7, 11) is 0. The Morgan fingerprint density at radius 3 is 3.05 bits per heavy atom. The van der Waals surface area contributed by atoms with Crippen LogP contribution in [0.5, 0.6) is 0 Å². The second-order valence-corrected chi connectivity index (χ2v) is 6.51. The molecule has 5 nitrogen and oxygen atoms in total. The quantitative estimate of drug-likeness (QED) is 0.843. The van der Waals surface area contributed by atoms with E-state index in [4.69, 9.17) is 11.6 Å². The first-order chi connectivity index (χ1) is 10.7. The van der Waals surface area contributed by atoms with E-state index >= 15 is 0 Å². The highest BCUT2D eigenvalue weighted by Crippen LogP contribution is 2.21. The van der Waals surface area contributed by atoms with Crippen LogP contribution >= 0.6 is 23.4 Å². The third-order valence-corrected chi connectivity index (χ3v) is 4.74. The van der Waals surface area contributed by atoms with Gasteiger partial charge in [0.2, 0.25) is 0 Å². The lowest BCUT2D eigenvalue weighted by atomic mass is 10.3. The molecule has 0 aliphatic carbocycles. The van der Waals surface area contributed by atoms with E-state index in [1.54, 1.807) is 11.0 Å². The largest absolute Gasteiger partial charge is 0.336 e. The van der Waals surface area contributed by atoms with E-state index in [0.29, 0.717) is 13.1 Å². The molecule has 1 aliphatic rings. The van der Waals surface area contributed by atoms with Gasteiger partial charge in [0, 0.05) is 18.8 Å². The summed E-state index contributed by atoms with van der Waals surface area (Å²) in [6.45, 7) is 1.41. The maximum Gasteiger partial charge on any atom is 0.276 e. The molecule has 0 atom stereocenters. The number of hydrogen-bond donors (Lipinski definition) is 0. The summed E-state index contributed by atoms with van der Waals surface area (Å²) in [5, 5.41) is 7.72. The molecule has 8 heteroatoms. The van der Waals surface area contributed by atoms with Crippen LogP contribution in [0.2, 0.25) is 5.02 Å². The van der Waals surface area contributed by atoms with Crippen LogP contribution in [0.3, 0.4) is 0 Å². The SMILES string of the molecule is O=C(c1cn(-c2cccc(Cl)c2F)nn1)N1CCCSCC1. The number of aromatic nitrogens is 3. The second kappa shape index (κ2) is 6.66. The van der Waals surface area contributed by atoms with Crippen molar-refractivity contribution in [2.24, 2.45) is 0 Å². The summed E-state index contributed by atoms with van der Waals surface area (Å²) >= 11 is 7.60. The number of nitrogens with zero attached hydrogens (tertiary/aromatic N) is 4. The summed E-state index contributed by atoms with van der Waals surface area (Å²) in [4.78, 5) is 14.2. The van der Waals surface area contributed by atoms with Crippen molar-refractivity contribution in [1.29, 1.82) is 0 Å². The van der Waals surface area contributed by atoms with Gasteiger partial charge >= 0.3 is 0 Å². The zero-order chi connectivity index (χ0) is 15.5. The van der Waals surface area contributed by atoms with Crippen LogP contribution in [0.1, 0.15) is 16.9 Å². The highest BCUT2D eigenvalue weighted by molar-refractivity contribution is 7.99. The van der Waals surface area contributed by atoms with Crippen LogP contribution in [0.15, 0.2) is 24.4 Å². The fraction of sp³-hybridized carbons (Fsp3) is 0.357. The molecule has 0 spiro atoms. The third kappa shape index (κ3) is 3.10. The Hall–Kier alpha value is -1.60. The fourth-order valence-electron chi connectivity index (χ4n) is 2.26. The summed E-state index contributed by atoms with van der Waals surface area (Å²) in [6, 6.07) is 4.61. The first-order valence-corrected chi connectivity index (χ1v) is 8.44. The normalized spacial score (nSPS) is 15.6. The summed E-state index contributed by atoms with van der Waals surface area (Å²) < 4.78 is 15.2. The number of rotatable bonds is 2. The fourth-order valence-corrected chi connectivity index (χ4v) is 3.32. The van der Waals surface area contributed by atoms with Gasteiger partial charge in [0.25, 0.3) is 5.91 Å². The molecule has 2 heterocycles. The topological polar surface area (TPSA) is 51.0 Å². The minimum Gasteiger partial charge on any atom is -0.336 e. The maximum absolute atomic E-state index is 14.0.